The number of hydrogen-bond acceptors (Lipinski definition) is 5. The zero-order valence-electron chi connectivity index (χ0n) is 13.6. The van der Waals surface area contributed by atoms with Gasteiger partial charge in [-0.3, -0.25) is 4.79 Å². The molecule has 2 aromatic carbocycles. The molecule has 1 aliphatic heterocycles. The topological polar surface area (TPSA) is 67.9 Å². The van der Waals surface area contributed by atoms with Crippen molar-refractivity contribution in [3.63, 3.8) is 0 Å². The van der Waals surface area contributed by atoms with Crippen molar-refractivity contribution in [3.05, 3.63) is 71.8 Å². The summed E-state index contributed by atoms with van der Waals surface area (Å²) >= 11 is 0. The first-order valence-corrected chi connectivity index (χ1v) is 7.96. The van der Waals surface area contributed by atoms with Gasteiger partial charge < -0.3 is 15.4 Å². The highest BCUT2D eigenvalue weighted by molar-refractivity contribution is 5.83. The van der Waals surface area contributed by atoms with Gasteiger partial charge in [-0.2, -0.15) is 0 Å². The van der Waals surface area contributed by atoms with E-state index in [1.807, 2.05) is 67.7 Å². The first-order valence-electron chi connectivity index (χ1n) is 7.96. The second kappa shape index (κ2) is 7.17. The minimum atomic E-state index is -0.444. The van der Waals surface area contributed by atoms with Crippen molar-refractivity contribution in [2.45, 2.75) is 12.0 Å². The molecule has 1 unspecified atom stereocenters. The second-order valence-corrected chi connectivity index (χ2v) is 5.89. The van der Waals surface area contributed by atoms with Gasteiger partial charge in [0.15, 0.2) is 5.96 Å². The Morgan fingerprint density at radius 3 is 2.17 bits per heavy atom. The lowest BCUT2D eigenvalue weighted by Gasteiger charge is -2.29. The SMILES string of the molecule is CN1CC(OC(=O)C(c2ccccc2)c2ccccc2)CN=C1N. The molecule has 0 saturated carbocycles. The van der Waals surface area contributed by atoms with Crippen LogP contribution in [0.25, 0.3) is 0 Å². The molecular formula is C19H21N3O2. The largest absolute Gasteiger partial charge is 0.458 e. The van der Waals surface area contributed by atoms with E-state index in [-0.39, 0.29) is 12.1 Å². The summed E-state index contributed by atoms with van der Waals surface area (Å²) in [6, 6.07) is 19.4. The van der Waals surface area contributed by atoms with Crippen LogP contribution in [0.15, 0.2) is 65.7 Å². The molecular weight excluding hydrogens is 302 g/mol. The van der Waals surface area contributed by atoms with E-state index < -0.39 is 5.92 Å². The van der Waals surface area contributed by atoms with Crippen LogP contribution in [0.4, 0.5) is 0 Å². The lowest BCUT2D eigenvalue weighted by molar-refractivity contribution is -0.150. The molecule has 5 nitrogen and oxygen atoms in total. The fourth-order valence-corrected chi connectivity index (χ4v) is 2.84. The standard InChI is InChI=1S/C19H21N3O2/c1-22-13-16(12-21-19(22)20)24-18(23)17(14-8-4-2-5-9-14)15-10-6-3-7-11-15/h2-11,16-17H,12-13H2,1H3,(H2,20,21). The molecule has 1 atom stereocenters. The van der Waals surface area contributed by atoms with Gasteiger partial charge in [0.25, 0.3) is 0 Å². The Kier molecular flexibility index (Phi) is 4.79. The molecule has 24 heavy (non-hydrogen) atoms. The normalized spacial score (nSPS) is 17.5. The van der Waals surface area contributed by atoms with Gasteiger partial charge in [-0.15, -0.1) is 0 Å². The molecule has 0 aliphatic carbocycles. The highest BCUT2D eigenvalue weighted by atomic mass is 16.5. The number of nitrogens with two attached hydrogens (primary N) is 1. The predicted octanol–water partition coefficient (Wildman–Crippen LogP) is 1.99. The number of esters is 1. The summed E-state index contributed by atoms with van der Waals surface area (Å²) in [6.07, 6.45) is -0.287. The van der Waals surface area contributed by atoms with Crippen LogP contribution < -0.4 is 5.73 Å². The maximum atomic E-state index is 12.9. The quantitative estimate of drug-likeness (QED) is 0.874. The van der Waals surface area contributed by atoms with E-state index in [1.165, 1.54) is 0 Å². The van der Waals surface area contributed by atoms with Gasteiger partial charge in [0.05, 0.1) is 13.1 Å². The lowest BCUT2D eigenvalue weighted by Crippen LogP contribution is -2.46. The van der Waals surface area contributed by atoms with Gasteiger partial charge in [-0.25, -0.2) is 4.99 Å². The van der Waals surface area contributed by atoms with Crippen LogP contribution in [0.5, 0.6) is 0 Å². The minimum absolute atomic E-state index is 0.263. The van der Waals surface area contributed by atoms with Crippen molar-refractivity contribution in [1.82, 2.24) is 4.90 Å². The van der Waals surface area contributed by atoms with E-state index >= 15 is 0 Å². The van der Waals surface area contributed by atoms with Gasteiger partial charge >= 0.3 is 5.97 Å². The van der Waals surface area contributed by atoms with E-state index in [2.05, 4.69) is 4.99 Å². The van der Waals surface area contributed by atoms with Crippen LogP contribution in [0.3, 0.4) is 0 Å². The van der Waals surface area contributed by atoms with Crippen molar-refractivity contribution in [2.24, 2.45) is 10.7 Å². The van der Waals surface area contributed by atoms with E-state index in [9.17, 15) is 4.79 Å². The van der Waals surface area contributed by atoms with Crippen molar-refractivity contribution < 1.29 is 9.53 Å². The average molecular weight is 323 g/mol. The number of ether oxygens (including phenoxy) is 1. The van der Waals surface area contributed by atoms with Crippen LogP contribution in [0.2, 0.25) is 0 Å². The Morgan fingerprint density at radius 1 is 1.12 bits per heavy atom. The van der Waals surface area contributed by atoms with Crippen LogP contribution in [-0.2, 0) is 9.53 Å². The lowest BCUT2D eigenvalue weighted by atomic mass is 9.91. The Labute approximate surface area is 141 Å². The Morgan fingerprint density at radius 2 is 1.67 bits per heavy atom. The van der Waals surface area contributed by atoms with Crippen molar-refractivity contribution in [2.75, 3.05) is 20.1 Å². The first-order chi connectivity index (χ1) is 11.6. The monoisotopic (exact) mass is 323 g/mol. The van der Waals surface area contributed by atoms with Gasteiger partial charge in [0.2, 0.25) is 0 Å². The summed E-state index contributed by atoms with van der Waals surface area (Å²) in [5, 5.41) is 0. The molecule has 0 amide bonds. The summed E-state index contributed by atoms with van der Waals surface area (Å²) in [7, 11) is 1.84. The molecule has 124 valence electrons. The summed E-state index contributed by atoms with van der Waals surface area (Å²) in [4.78, 5) is 18.9. The molecule has 0 radical (unpaired) electrons. The number of carbonyl (C=O) groups excluding carboxylic acids is 1. The summed E-state index contributed by atoms with van der Waals surface area (Å²) < 4.78 is 5.74. The zero-order valence-corrected chi connectivity index (χ0v) is 13.6. The van der Waals surface area contributed by atoms with Crippen molar-refractivity contribution >= 4 is 11.9 Å². The maximum absolute atomic E-state index is 12.9. The van der Waals surface area contributed by atoms with Crippen LogP contribution in [-0.4, -0.2) is 43.1 Å². The van der Waals surface area contributed by atoms with E-state index in [0.29, 0.717) is 19.0 Å². The highest BCUT2D eigenvalue weighted by Crippen LogP contribution is 2.26. The van der Waals surface area contributed by atoms with Crippen molar-refractivity contribution in [3.8, 4) is 0 Å². The van der Waals surface area contributed by atoms with Crippen LogP contribution in [0, 0.1) is 0 Å². The van der Waals surface area contributed by atoms with Gasteiger partial charge in [-0.05, 0) is 11.1 Å². The molecule has 5 heteroatoms. The molecule has 2 aromatic rings. The zero-order chi connectivity index (χ0) is 16.9. The molecule has 0 saturated heterocycles. The number of likely N-dealkylation sites (N-methyl/N-ethyl adjacent to an activating group) is 1. The summed E-state index contributed by atoms with van der Waals surface area (Å²) in [6.45, 7) is 0.954. The number of hydrogen-bond donors (Lipinski definition) is 1. The molecule has 0 spiro atoms. The molecule has 1 heterocycles. The van der Waals surface area contributed by atoms with Gasteiger partial charge in [0.1, 0.15) is 12.0 Å². The fourth-order valence-electron chi connectivity index (χ4n) is 2.84. The highest BCUT2D eigenvalue weighted by Gasteiger charge is 2.28. The van der Waals surface area contributed by atoms with Crippen molar-refractivity contribution in [1.29, 1.82) is 0 Å². The number of nitrogens with zero attached hydrogens (tertiary/aromatic N) is 2. The number of carbonyl (C=O) groups is 1. The minimum Gasteiger partial charge on any atom is -0.458 e. The number of rotatable bonds is 4. The van der Waals surface area contributed by atoms with Crippen LogP contribution in [0.1, 0.15) is 17.0 Å². The summed E-state index contributed by atoms with van der Waals surface area (Å²) in [5.74, 6) is -0.229. The Hall–Kier alpha value is -2.82. The number of aliphatic imine (C=N–C) groups is 1. The number of benzene rings is 2. The smallest absolute Gasteiger partial charge is 0.318 e. The predicted molar refractivity (Wildman–Crippen MR) is 93.7 cm³/mol. The maximum Gasteiger partial charge on any atom is 0.318 e. The molecule has 1 aliphatic rings. The van der Waals surface area contributed by atoms with E-state index in [0.717, 1.165) is 11.1 Å². The Bertz CT molecular complexity index is 676. The molecule has 0 bridgehead atoms. The van der Waals surface area contributed by atoms with E-state index in [4.69, 9.17) is 10.5 Å². The molecule has 0 fully saturated rings. The number of guanidine groups is 1. The molecule has 3 rings (SSSR count). The molecule has 2 N–H and O–H groups in total. The first kappa shape index (κ1) is 16.1. The van der Waals surface area contributed by atoms with Gasteiger partial charge in [-0.1, -0.05) is 60.7 Å². The average Bonchev–Trinajstić information content (AvgIpc) is 2.60. The Balaban J connectivity index is 1.82. The van der Waals surface area contributed by atoms with E-state index in [1.54, 1.807) is 4.90 Å². The third kappa shape index (κ3) is 3.56. The second-order valence-electron chi connectivity index (χ2n) is 5.89. The third-order valence-corrected chi connectivity index (χ3v) is 4.11. The van der Waals surface area contributed by atoms with Crippen LogP contribution >= 0.6 is 0 Å². The fraction of sp³-hybridized carbons (Fsp3) is 0.263. The third-order valence-electron chi connectivity index (χ3n) is 4.11. The molecule has 0 aromatic heterocycles. The summed E-state index contributed by atoms with van der Waals surface area (Å²) in [5.41, 5.74) is 7.58. The van der Waals surface area contributed by atoms with Gasteiger partial charge in [0, 0.05) is 7.05 Å².